The summed E-state index contributed by atoms with van der Waals surface area (Å²) in [5.74, 6) is 1.68. The van der Waals surface area contributed by atoms with Crippen molar-refractivity contribution in [3.8, 4) is 0 Å². The molecule has 1 rings (SSSR count). The maximum atomic E-state index is 11.7. The van der Waals surface area contributed by atoms with Gasteiger partial charge in [-0.1, -0.05) is 13.8 Å². The summed E-state index contributed by atoms with van der Waals surface area (Å²) in [6, 6.07) is 0. The summed E-state index contributed by atoms with van der Waals surface area (Å²) in [6.07, 6.45) is 3.07. The fourth-order valence-corrected chi connectivity index (χ4v) is 3.31. The Labute approximate surface area is 82.6 Å². The van der Waals surface area contributed by atoms with Crippen LogP contribution < -0.4 is 0 Å². The SMILES string of the molecule is CC(C)CCS(=O)C1CCC(=O)C1. The molecule has 0 saturated heterocycles. The van der Waals surface area contributed by atoms with Gasteiger partial charge < -0.3 is 0 Å². The molecule has 0 radical (unpaired) electrons. The van der Waals surface area contributed by atoms with Crippen molar-refractivity contribution in [3.05, 3.63) is 0 Å². The van der Waals surface area contributed by atoms with Crippen LogP contribution in [-0.2, 0) is 15.6 Å². The summed E-state index contributed by atoms with van der Waals surface area (Å²) < 4.78 is 11.7. The molecule has 1 saturated carbocycles. The molecule has 0 amide bonds. The predicted molar refractivity (Wildman–Crippen MR) is 55.1 cm³/mol. The summed E-state index contributed by atoms with van der Waals surface area (Å²) in [5.41, 5.74) is 0. The van der Waals surface area contributed by atoms with Gasteiger partial charge in [-0.3, -0.25) is 9.00 Å². The molecule has 3 heteroatoms. The minimum Gasteiger partial charge on any atom is -0.300 e. The van der Waals surface area contributed by atoms with Crippen LogP contribution in [0.2, 0.25) is 0 Å². The standard InChI is InChI=1S/C10H18O2S/c1-8(2)5-6-13(12)10-4-3-9(11)7-10/h8,10H,3-7H2,1-2H3. The third-order valence-electron chi connectivity index (χ3n) is 2.47. The van der Waals surface area contributed by atoms with E-state index in [1.165, 1.54) is 0 Å². The van der Waals surface area contributed by atoms with Gasteiger partial charge in [0, 0.05) is 34.6 Å². The Morgan fingerprint density at radius 1 is 1.54 bits per heavy atom. The van der Waals surface area contributed by atoms with E-state index in [0.29, 0.717) is 24.5 Å². The highest BCUT2D eigenvalue weighted by molar-refractivity contribution is 7.85. The topological polar surface area (TPSA) is 34.1 Å². The van der Waals surface area contributed by atoms with Gasteiger partial charge in [0.1, 0.15) is 5.78 Å². The van der Waals surface area contributed by atoms with E-state index in [-0.39, 0.29) is 5.25 Å². The fourth-order valence-electron chi connectivity index (χ4n) is 1.52. The Morgan fingerprint density at radius 3 is 2.69 bits per heavy atom. The second kappa shape index (κ2) is 4.89. The van der Waals surface area contributed by atoms with Crippen molar-refractivity contribution in [1.29, 1.82) is 0 Å². The molecule has 1 aliphatic carbocycles. The van der Waals surface area contributed by atoms with Gasteiger partial charge in [-0.15, -0.1) is 0 Å². The number of Topliss-reactive ketones (excluding diaryl/α,β-unsaturated/α-hetero) is 1. The van der Waals surface area contributed by atoms with Gasteiger partial charge in [-0.2, -0.15) is 0 Å². The first-order valence-corrected chi connectivity index (χ1v) is 6.36. The van der Waals surface area contributed by atoms with E-state index in [9.17, 15) is 9.00 Å². The quantitative estimate of drug-likeness (QED) is 0.698. The van der Waals surface area contributed by atoms with Crippen molar-refractivity contribution in [3.63, 3.8) is 0 Å². The summed E-state index contributed by atoms with van der Waals surface area (Å²) >= 11 is 0. The Bertz CT molecular complexity index is 211. The molecule has 0 aromatic rings. The van der Waals surface area contributed by atoms with Crippen LogP contribution >= 0.6 is 0 Å². The normalized spacial score (nSPS) is 25.5. The Hall–Kier alpha value is -0.180. The number of hydrogen-bond donors (Lipinski definition) is 0. The zero-order valence-corrected chi connectivity index (χ0v) is 9.23. The third kappa shape index (κ3) is 3.59. The van der Waals surface area contributed by atoms with Gasteiger partial charge in [-0.25, -0.2) is 0 Å². The zero-order chi connectivity index (χ0) is 9.84. The van der Waals surface area contributed by atoms with Gasteiger partial charge in [0.2, 0.25) is 0 Å². The van der Waals surface area contributed by atoms with Crippen molar-refractivity contribution in [2.45, 2.75) is 44.8 Å². The van der Waals surface area contributed by atoms with Crippen LogP contribution in [0.15, 0.2) is 0 Å². The molecule has 0 N–H and O–H groups in total. The molecular weight excluding hydrogens is 184 g/mol. The molecule has 1 fully saturated rings. The second-order valence-electron chi connectivity index (χ2n) is 4.17. The minimum atomic E-state index is -0.757. The molecule has 2 atom stereocenters. The number of hydrogen-bond acceptors (Lipinski definition) is 2. The fraction of sp³-hybridized carbons (Fsp3) is 0.900. The third-order valence-corrected chi connectivity index (χ3v) is 4.25. The van der Waals surface area contributed by atoms with Gasteiger partial charge in [0.15, 0.2) is 0 Å². The molecule has 2 nitrogen and oxygen atoms in total. The van der Waals surface area contributed by atoms with Crippen LogP contribution in [0.3, 0.4) is 0 Å². The van der Waals surface area contributed by atoms with E-state index in [1.807, 2.05) is 0 Å². The molecule has 0 aromatic heterocycles. The Kier molecular flexibility index (Phi) is 4.10. The lowest BCUT2D eigenvalue weighted by atomic mass is 10.2. The highest BCUT2D eigenvalue weighted by Gasteiger charge is 2.26. The Balaban J connectivity index is 2.27. The number of ketones is 1. The lowest BCUT2D eigenvalue weighted by Crippen LogP contribution is -2.15. The molecule has 0 aromatic carbocycles. The molecule has 0 heterocycles. The average Bonchev–Trinajstić information content (AvgIpc) is 2.47. The number of carbonyl (C=O) groups excluding carboxylic acids is 1. The molecule has 2 unspecified atom stereocenters. The van der Waals surface area contributed by atoms with Crippen LogP contribution in [0, 0.1) is 5.92 Å². The van der Waals surface area contributed by atoms with Crippen molar-refractivity contribution in [2.75, 3.05) is 5.75 Å². The van der Waals surface area contributed by atoms with E-state index in [4.69, 9.17) is 0 Å². The molecule has 0 spiro atoms. The highest BCUT2D eigenvalue weighted by atomic mass is 32.2. The number of carbonyl (C=O) groups is 1. The lowest BCUT2D eigenvalue weighted by molar-refractivity contribution is -0.117. The van der Waals surface area contributed by atoms with E-state index in [2.05, 4.69) is 13.8 Å². The van der Waals surface area contributed by atoms with Crippen molar-refractivity contribution in [1.82, 2.24) is 0 Å². The lowest BCUT2D eigenvalue weighted by Gasteiger charge is -2.09. The minimum absolute atomic E-state index is 0.172. The van der Waals surface area contributed by atoms with E-state index < -0.39 is 10.8 Å². The molecule has 76 valence electrons. The first kappa shape index (κ1) is 10.9. The Morgan fingerprint density at radius 2 is 2.23 bits per heavy atom. The first-order valence-electron chi connectivity index (χ1n) is 4.98. The van der Waals surface area contributed by atoms with Crippen LogP contribution in [0.25, 0.3) is 0 Å². The summed E-state index contributed by atoms with van der Waals surface area (Å²) in [5, 5.41) is 0.172. The molecule has 0 aliphatic heterocycles. The van der Waals surface area contributed by atoms with Crippen molar-refractivity contribution >= 4 is 16.6 Å². The van der Waals surface area contributed by atoms with Crippen LogP contribution in [0.1, 0.15) is 39.5 Å². The zero-order valence-electron chi connectivity index (χ0n) is 8.41. The monoisotopic (exact) mass is 202 g/mol. The maximum Gasteiger partial charge on any atom is 0.134 e. The summed E-state index contributed by atoms with van der Waals surface area (Å²) in [7, 11) is -0.757. The van der Waals surface area contributed by atoms with Gasteiger partial charge in [-0.05, 0) is 18.8 Å². The first-order chi connectivity index (χ1) is 6.09. The predicted octanol–water partition coefficient (Wildman–Crippen LogP) is 1.90. The molecule has 13 heavy (non-hydrogen) atoms. The van der Waals surface area contributed by atoms with E-state index in [0.717, 1.165) is 18.6 Å². The van der Waals surface area contributed by atoms with Gasteiger partial charge in [0.25, 0.3) is 0 Å². The van der Waals surface area contributed by atoms with Crippen LogP contribution in [0.4, 0.5) is 0 Å². The average molecular weight is 202 g/mol. The van der Waals surface area contributed by atoms with Gasteiger partial charge >= 0.3 is 0 Å². The summed E-state index contributed by atoms with van der Waals surface area (Å²) in [6.45, 7) is 4.27. The highest BCUT2D eigenvalue weighted by Crippen LogP contribution is 2.21. The van der Waals surface area contributed by atoms with E-state index in [1.54, 1.807) is 0 Å². The molecule has 1 aliphatic rings. The molecular formula is C10H18O2S. The largest absolute Gasteiger partial charge is 0.300 e. The summed E-state index contributed by atoms with van der Waals surface area (Å²) in [4.78, 5) is 11.0. The molecule has 0 bridgehead atoms. The van der Waals surface area contributed by atoms with E-state index >= 15 is 0 Å². The van der Waals surface area contributed by atoms with Crippen LogP contribution in [0.5, 0.6) is 0 Å². The second-order valence-corrected chi connectivity index (χ2v) is 6.01. The van der Waals surface area contributed by atoms with Crippen molar-refractivity contribution < 1.29 is 9.00 Å². The smallest absolute Gasteiger partial charge is 0.134 e. The maximum absolute atomic E-state index is 11.7. The van der Waals surface area contributed by atoms with Gasteiger partial charge in [0.05, 0.1) is 0 Å². The number of rotatable bonds is 4. The van der Waals surface area contributed by atoms with Crippen molar-refractivity contribution in [2.24, 2.45) is 5.92 Å². The van der Waals surface area contributed by atoms with Crippen LogP contribution in [-0.4, -0.2) is 21.0 Å².